The highest BCUT2D eigenvalue weighted by Crippen LogP contribution is 2.35. The molecule has 4 rings (SSSR count). The maximum Gasteiger partial charge on any atom is 0.242 e. The Hall–Kier alpha value is -2.60. The van der Waals surface area contributed by atoms with E-state index in [1.54, 1.807) is 22.3 Å². The van der Waals surface area contributed by atoms with Crippen molar-refractivity contribution in [1.82, 2.24) is 9.80 Å². The Morgan fingerprint density at radius 2 is 2.00 bits per heavy atom. The molecule has 2 aliphatic rings. The number of hydrogen-bond acceptors (Lipinski definition) is 4. The molecule has 1 atom stereocenters. The second-order valence-electron chi connectivity index (χ2n) is 8.97. The molecule has 1 fully saturated rings. The SMILES string of the molecule is C=CCN(CC(=O)N1CCc2sccc2[C@@H]1COc1ccc(C(C)C)cc1)C(=O)C1CC1. The molecule has 0 radical (unpaired) electrons. The second kappa shape index (κ2) is 9.90. The molecule has 0 bridgehead atoms. The number of fused-ring (bicyclic) bond motifs is 1. The number of thiophene rings is 1. The minimum atomic E-state index is -0.149. The number of carbonyl (C=O) groups is 2. The average molecular weight is 453 g/mol. The van der Waals surface area contributed by atoms with Gasteiger partial charge in [-0.3, -0.25) is 9.59 Å². The lowest BCUT2D eigenvalue weighted by molar-refractivity contribution is -0.142. The normalized spacial score (nSPS) is 17.7. The standard InChI is InChI=1S/C26H32N2O3S/c1-4-13-27(26(30)20-5-6-20)16-25(29)28-14-11-24-22(12-15-32-24)23(28)17-31-21-9-7-19(8-10-21)18(2)3/h4,7-10,12,15,18,20,23H,1,5-6,11,13-14,16-17H2,2-3H3/t23-/m0/s1. The number of rotatable bonds is 9. The van der Waals surface area contributed by atoms with E-state index < -0.39 is 0 Å². The van der Waals surface area contributed by atoms with Crippen LogP contribution in [0.5, 0.6) is 5.75 Å². The van der Waals surface area contributed by atoms with Crippen LogP contribution in [0.3, 0.4) is 0 Å². The summed E-state index contributed by atoms with van der Waals surface area (Å²) >= 11 is 1.74. The van der Waals surface area contributed by atoms with E-state index in [0.29, 0.717) is 25.6 Å². The molecule has 2 aromatic rings. The van der Waals surface area contributed by atoms with Crippen molar-refractivity contribution < 1.29 is 14.3 Å². The number of ether oxygens (including phenoxy) is 1. The molecule has 170 valence electrons. The Morgan fingerprint density at radius 3 is 2.66 bits per heavy atom. The fraction of sp³-hybridized carbons (Fsp3) is 0.462. The van der Waals surface area contributed by atoms with Gasteiger partial charge in [-0.15, -0.1) is 17.9 Å². The summed E-state index contributed by atoms with van der Waals surface area (Å²) in [6.45, 7) is 9.65. The lowest BCUT2D eigenvalue weighted by Crippen LogP contribution is -2.48. The minimum absolute atomic E-state index is 0.0264. The van der Waals surface area contributed by atoms with E-state index in [-0.39, 0.29) is 30.3 Å². The number of hydrogen-bond donors (Lipinski definition) is 0. The molecule has 0 spiro atoms. The van der Waals surface area contributed by atoms with Crippen molar-refractivity contribution in [3.05, 3.63) is 64.4 Å². The van der Waals surface area contributed by atoms with Crippen molar-refractivity contribution in [2.24, 2.45) is 5.92 Å². The van der Waals surface area contributed by atoms with Crippen LogP contribution in [0.4, 0.5) is 0 Å². The summed E-state index contributed by atoms with van der Waals surface area (Å²) < 4.78 is 6.15. The Kier molecular flexibility index (Phi) is 6.99. The van der Waals surface area contributed by atoms with Crippen molar-refractivity contribution >= 4 is 23.2 Å². The third-order valence-corrected chi connectivity index (χ3v) is 7.28. The Labute approximate surface area is 194 Å². The Bertz CT molecular complexity index is 962. The third-order valence-electron chi connectivity index (χ3n) is 6.28. The first-order valence-electron chi connectivity index (χ1n) is 11.5. The first-order chi connectivity index (χ1) is 15.5. The molecule has 1 aliphatic carbocycles. The summed E-state index contributed by atoms with van der Waals surface area (Å²) in [5.41, 5.74) is 2.44. The zero-order chi connectivity index (χ0) is 22.7. The Balaban J connectivity index is 1.47. The van der Waals surface area contributed by atoms with Crippen LogP contribution < -0.4 is 4.74 Å². The maximum absolute atomic E-state index is 13.3. The van der Waals surface area contributed by atoms with Gasteiger partial charge in [0.25, 0.3) is 0 Å². The highest BCUT2D eigenvalue weighted by atomic mass is 32.1. The fourth-order valence-electron chi connectivity index (χ4n) is 4.23. The summed E-state index contributed by atoms with van der Waals surface area (Å²) in [6, 6.07) is 10.1. The van der Waals surface area contributed by atoms with E-state index in [1.165, 1.54) is 10.4 Å². The molecule has 5 nitrogen and oxygen atoms in total. The van der Waals surface area contributed by atoms with Crippen LogP contribution in [0.1, 0.15) is 54.7 Å². The summed E-state index contributed by atoms with van der Waals surface area (Å²) in [4.78, 5) is 30.8. The topological polar surface area (TPSA) is 49.9 Å². The largest absolute Gasteiger partial charge is 0.491 e. The quantitative estimate of drug-likeness (QED) is 0.514. The fourth-order valence-corrected chi connectivity index (χ4v) is 5.16. The predicted octanol–water partition coefficient (Wildman–Crippen LogP) is 4.80. The van der Waals surface area contributed by atoms with Crippen LogP contribution in [0, 0.1) is 5.92 Å². The van der Waals surface area contributed by atoms with Crippen LogP contribution in [0.2, 0.25) is 0 Å². The highest BCUT2D eigenvalue weighted by molar-refractivity contribution is 7.10. The maximum atomic E-state index is 13.3. The number of amides is 2. The molecule has 0 N–H and O–H groups in total. The molecule has 1 aromatic heterocycles. The molecule has 1 saturated carbocycles. The molecule has 1 aromatic carbocycles. The predicted molar refractivity (Wildman–Crippen MR) is 128 cm³/mol. The molecule has 32 heavy (non-hydrogen) atoms. The van der Waals surface area contributed by atoms with Gasteiger partial charge in [0.2, 0.25) is 11.8 Å². The van der Waals surface area contributed by atoms with Gasteiger partial charge in [0.1, 0.15) is 18.9 Å². The van der Waals surface area contributed by atoms with Crippen LogP contribution in [0.15, 0.2) is 48.4 Å². The van der Waals surface area contributed by atoms with E-state index >= 15 is 0 Å². The van der Waals surface area contributed by atoms with Crippen LogP contribution in [-0.2, 0) is 16.0 Å². The lowest BCUT2D eigenvalue weighted by Gasteiger charge is -2.37. The van der Waals surface area contributed by atoms with Crippen molar-refractivity contribution in [3.63, 3.8) is 0 Å². The van der Waals surface area contributed by atoms with Gasteiger partial charge in [0, 0.05) is 23.9 Å². The van der Waals surface area contributed by atoms with Gasteiger partial charge in [0.15, 0.2) is 0 Å². The van der Waals surface area contributed by atoms with Crippen molar-refractivity contribution in [2.75, 3.05) is 26.2 Å². The van der Waals surface area contributed by atoms with Crippen molar-refractivity contribution in [2.45, 2.75) is 45.1 Å². The minimum Gasteiger partial charge on any atom is -0.491 e. The molecular weight excluding hydrogens is 420 g/mol. The van der Waals surface area contributed by atoms with Crippen molar-refractivity contribution in [1.29, 1.82) is 0 Å². The summed E-state index contributed by atoms with van der Waals surface area (Å²) in [5, 5.41) is 2.09. The molecule has 2 heterocycles. The van der Waals surface area contributed by atoms with Gasteiger partial charge >= 0.3 is 0 Å². The molecule has 0 saturated heterocycles. The van der Waals surface area contributed by atoms with E-state index in [9.17, 15) is 9.59 Å². The zero-order valence-electron chi connectivity index (χ0n) is 19.0. The lowest BCUT2D eigenvalue weighted by atomic mass is 10.00. The first kappa shape index (κ1) is 22.6. The summed E-state index contributed by atoms with van der Waals surface area (Å²) in [6.07, 6.45) is 4.39. The molecular formula is C26H32N2O3S. The number of nitrogens with zero attached hydrogens (tertiary/aromatic N) is 2. The van der Waals surface area contributed by atoms with Gasteiger partial charge in [0.05, 0.1) is 6.04 Å². The first-order valence-corrected chi connectivity index (χ1v) is 12.3. The van der Waals surface area contributed by atoms with Crippen LogP contribution >= 0.6 is 11.3 Å². The van der Waals surface area contributed by atoms with Gasteiger partial charge in [-0.05, 0) is 59.9 Å². The third kappa shape index (κ3) is 5.07. The summed E-state index contributed by atoms with van der Waals surface area (Å²) in [7, 11) is 0. The van der Waals surface area contributed by atoms with Gasteiger partial charge in [-0.1, -0.05) is 32.1 Å². The molecule has 2 amide bonds. The van der Waals surface area contributed by atoms with Gasteiger partial charge < -0.3 is 14.5 Å². The van der Waals surface area contributed by atoms with Crippen molar-refractivity contribution in [3.8, 4) is 5.75 Å². The average Bonchev–Trinajstić information content (AvgIpc) is 3.53. The van der Waals surface area contributed by atoms with Crippen LogP contribution in [0.25, 0.3) is 0 Å². The number of benzene rings is 1. The molecule has 0 unspecified atom stereocenters. The molecule has 6 heteroatoms. The van der Waals surface area contributed by atoms with E-state index in [1.807, 2.05) is 17.0 Å². The van der Waals surface area contributed by atoms with Gasteiger partial charge in [-0.2, -0.15) is 0 Å². The smallest absolute Gasteiger partial charge is 0.242 e. The highest BCUT2D eigenvalue weighted by Gasteiger charge is 2.36. The second-order valence-corrected chi connectivity index (χ2v) is 9.97. The Morgan fingerprint density at radius 1 is 1.25 bits per heavy atom. The van der Waals surface area contributed by atoms with Gasteiger partial charge in [-0.25, -0.2) is 0 Å². The van der Waals surface area contributed by atoms with E-state index in [4.69, 9.17) is 4.74 Å². The monoisotopic (exact) mass is 452 g/mol. The van der Waals surface area contributed by atoms with E-state index in [2.05, 4.69) is 44.0 Å². The molecule has 1 aliphatic heterocycles. The van der Waals surface area contributed by atoms with Crippen LogP contribution in [-0.4, -0.2) is 47.9 Å². The van der Waals surface area contributed by atoms with E-state index in [0.717, 1.165) is 30.6 Å². The summed E-state index contributed by atoms with van der Waals surface area (Å²) in [5.74, 6) is 1.41. The number of carbonyl (C=O) groups excluding carboxylic acids is 2. The zero-order valence-corrected chi connectivity index (χ0v) is 19.8.